The van der Waals surface area contributed by atoms with Crippen LogP contribution >= 0.6 is 0 Å². The van der Waals surface area contributed by atoms with Gasteiger partial charge in [0.05, 0.1) is 21.3 Å². The average molecular weight is 336 g/mol. The zero-order chi connectivity index (χ0) is 17.4. The van der Waals surface area contributed by atoms with Crippen molar-refractivity contribution in [2.45, 2.75) is 32.1 Å². The predicted molar refractivity (Wildman–Crippen MR) is 93.2 cm³/mol. The highest BCUT2D eigenvalue weighted by Crippen LogP contribution is 2.34. The van der Waals surface area contributed by atoms with Gasteiger partial charge in [0, 0.05) is 25.7 Å². The Hall–Kier alpha value is -2.11. The van der Waals surface area contributed by atoms with Gasteiger partial charge in [-0.2, -0.15) is 0 Å². The topological polar surface area (TPSA) is 60.0 Å². The Morgan fingerprint density at radius 3 is 2.12 bits per heavy atom. The molecule has 1 aromatic carbocycles. The van der Waals surface area contributed by atoms with E-state index in [9.17, 15) is 4.79 Å². The van der Waals surface area contributed by atoms with Gasteiger partial charge in [0.15, 0.2) is 11.5 Å². The summed E-state index contributed by atoms with van der Waals surface area (Å²) in [7, 11) is 4.83. The summed E-state index contributed by atoms with van der Waals surface area (Å²) in [5.74, 6) is 2.02. The van der Waals surface area contributed by atoms with Gasteiger partial charge in [-0.05, 0) is 30.9 Å². The SMILES string of the molecule is COc1cc(OC)c(OC)cc1CCNC(=O)N1CCCCCC1. The molecule has 134 valence electrons. The summed E-state index contributed by atoms with van der Waals surface area (Å²) in [5.41, 5.74) is 0.978. The Kier molecular flexibility index (Phi) is 7.03. The van der Waals surface area contributed by atoms with E-state index in [1.165, 1.54) is 12.8 Å². The molecule has 0 bridgehead atoms. The van der Waals surface area contributed by atoms with Crippen LogP contribution in [-0.4, -0.2) is 51.9 Å². The number of benzene rings is 1. The Morgan fingerprint density at radius 1 is 0.958 bits per heavy atom. The molecule has 1 fully saturated rings. The predicted octanol–water partition coefficient (Wildman–Crippen LogP) is 2.84. The molecule has 0 radical (unpaired) electrons. The molecule has 1 aliphatic rings. The molecular weight excluding hydrogens is 308 g/mol. The first-order valence-electron chi connectivity index (χ1n) is 8.51. The van der Waals surface area contributed by atoms with E-state index in [0.717, 1.165) is 37.2 Å². The third kappa shape index (κ3) is 4.69. The molecule has 1 aliphatic heterocycles. The number of nitrogens with one attached hydrogen (secondary N) is 1. The lowest BCUT2D eigenvalue weighted by Gasteiger charge is -2.21. The first-order chi connectivity index (χ1) is 11.7. The maximum Gasteiger partial charge on any atom is 0.317 e. The van der Waals surface area contributed by atoms with E-state index in [-0.39, 0.29) is 6.03 Å². The summed E-state index contributed by atoms with van der Waals surface area (Å²) in [6.45, 7) is 2.26. The normalized spacial score (nSPS) is 14.7. The average Bonchev–Trinajstić information content (AvgIpc) is 2.90. The highest BCUT2D eigenvalue weighted by Gasteiger charge is 2.16. The van der Waals surface area contributed by atoms with Crippen molar-refractivity contribution in [3.63, 3.8) is 0 Å². The lowest BCUT2D eigenvalue weighted by Crippen LogP contribution is -2.41. The van der Waals surface area contributed by atoms with Crippen molar-refractivity contribution >= 4 is 6.03 Å². The molecule has 6 nitrogen and oxygen atoms in total. The number of hydrogen-bond acceptors (Lipinski definition) is 4. The van der Waals surface area contributed by atoms with Crippen LogP contribution < -0.4 is 19.5 Å². The van der Waals surface area contributed by atoms with Crippen LogP contribution in [-0.2, 0) is 6.42 Å². The van der Waals surface area contributed by atoms with Crippen molar-refractivity contribution in [3.05, 3.63) is 17.7 Å². The van der Waals surface area contributed by atoms with Crippen molar-refractivity contribution < 1.29 is 19.0 Å². The quantitative estimate of drug-likeness (QED) is 0.868. The van der Waals surface area contributed by atoms with E-state index in [2.05, 4.69) is 5.32 Å². The largest absolute Gasteiger partial charge is 0.496 e. The molecule has 1 heterocycles. The van der Waals surface area contributed by atoms with E-state index in [0.29, 0.717) is 24.5 Å². The van der Waals surface area contributed by atoms with E-state index in [1.54, 1.807) is 21.3 Å². The van der Waals surface area contributed by atoms with E-state index in [1.807, 2.05) is 17.0 Å². The molecule has 0 unspecified atom stereocenters. The molecule has 1 N–H and O–H groups in total. The van der Waals surface area contributed by atoms with Crippen LogP contribution in [0.4, 0.5) is 4.79 Å². The summed E-state index contributed by atoms with van der Waals surface area (Å²) in [6.07, 6.45) is 5.29. The number of ether oxygens (including phenoxy) is 3. The van der Waals surface area contributed by atoms with Gasteiger partial charge in [-0.3, -0.25) is 0 Å². The Labute approximate surface area is 144 Å². The molecule has 2 amide bonds. The molecule has 0 aromatic heterocycles. The van der Waals surface area contributed by atoms with Gasteiger partial charge in [-0.25, -0.2) is 4.79 Å². The van der Waals surface area contributed by atoms with Crippen molar-refractivity contribution in [2.75, 3.05) is 41.0 Å². The summed E-state index contributed by atoms with van der Waals surface area (Å²) in [6, 6.07) is 3.73. The molecule has 0 saturated carbocycles. The minimum atomic E-state index is 0.0244. The molecule has 1 saturated heterocycles. The highest BCUT2D eigenvalue weighted by atomic mass is 16.5. The molecule has 0 atom stereocenters. The van der Waals surface area contributed by atoms with E-state index in [4.69, 9.17) is 14.2 Å². The number of nitrogens with zero attached hydrogens (tertiary/aromatic N) is 1. The lowest BCUT2D eigenvalue weighted by molar-refractivity contribution is 0.200. The van der Waals surface area contributed by atoms with Crippen molar-refractivity contribution in [1.82, 2.24) is 10.2 Å². The van der Waals surface area contributed by atoms with Gasteiger partial charge in [0.25, 0.3) is 0 Å². The minimum Gasteiger partial charge on any atom is -0.496 e. The Balaban J connectivity index is 1.94. The number of methoxy groups -OCH3 is 3. The summed E-state index contributed by atoms with van der Waals surface area (Å²) < 4.78 is 16.0. The number of carbonyl (C=O) groups is 1. The smallest absolute Gasteiger partial charge is 0.317 e. The van der Waals surface area contributed by atoms with Crippen molar-refractivity contribution in [2.24, 2.45) is 0 Å². The summed E-state index contributed by atoms with van der Waals surface area (Å²) in [4.78, 5) is 14.2. The van der Waals surface area contributed by atoms with Gasteiger partial charge < -0.3 is 24.4 Å². The lowest BCUT2D eigenvalue weighted by atomic mass is 10.1. The zero-order valence-electron chi connectivity index (χ0n) is 14.9. The number of rotatable bonds is 6. The summed E-state index contributed by atoms with van der Waals surface area (Å²) in [5, 5.41) is 3.01. The summed E-state index contributed by atoms with van der Waals surface area (Å²) >= 11 is 0. The Bertz CT molecular complexity index is 540. The van der Waals surface area contributed by atoms with Crippen LogP contribution in [0.1, 0.15) is 31.2 Å². The Morgan fingerprint density at radius 2 is 1.54 bits per heavy atom. The molecule has 0 spiro atoms. The fourth-order valence-corrected chi connectivity index (χ4v) is 2.98. The fourth-order valence-electron chi connectivity index (χ4n) is 2.98. The molecule has 1 aromatic rings. The number of carbonyl (C=O) groups excluding carboxylic acids is 1. The number of urea groups is 1. The van der Waals surface area contributed by atoms with Gasteiger partial charge in [0.2, 0.25) is 0 Å². The van der Waals surface area contributed by atoms with Crippen LogP contribution in [0.2, 0.25) is 0 Å². The van der Waals surface area contributed by atoms with Gasteiger partial charge in [-0.15, -0.1) is 0 Å². The first-order valence-corrected chi connectivity index (χ1v) is 8.51. The molecule has 24 heavy (non-hydrogen) atoms. The second-order valence-electron chi connectivity index (χ2n) is 5.90. The minimum absolute atomic E-state index is 0.0244. The number of likely N-dealkylation sites (tertiary alicyclic amines) is 1. The fraction of sp³-hybridized carbons (Fsp3) is 0.611. The molecule has 2 rings (SSSR count). The second-order valence-corrected chi connectivity index (χ2v) is 5.90. The van der Waals surface area contributed by atoms with Crippen LogP contribution in [0.25, 0.3) is 0 Å². The second kappa shape index (κ2) is 9.25. The van der Waals surface area contributed by atoms with Crippen LogP contribution in [0.15, 0.2) is 12.1 Å². The highest BCUT2D eigenvalue weighted by molar-refractivity contribution is 5.74. The maximum atomic E-state index is 12.3. The third-order valence-corrected chi connectivity index (χ3v) is 4.35. The van der Waals surface area contributed by atoms with Crippen LogP contribution in [0.5, 0.6) is 17.2 Å². The maximum absolute atomic E-state index is 12.3. The van der Waals surface area contributed by atoms with E-state index >= 15 is 0 Å². The molecule has 0 aliphatic carbocycles. The molecular formula is C18H28N2O4. The van der Waals surface area contributed by atoms with E-state index < -0.39 is 0 Å². The van der Waals surface area contributed by atoms with Crippen LogP contribution in [0.3, 0.4) is 0 Å². The molecule has 6 heteroatoms. The van der Waals surface area contributed by atoms with Crippen molar-refractivity contribution in [1.29, 1.82) is 0 Å². The van der Waals surface area contributed by atoms with Crippen LogP contribution in [0, 0.1) is 0 Å². The third-order valence-electron chi connectivity index (χ3n) is 4.35. The van der Waals surface area contributed by atoms with Gasteiger partial charge >= 0.3 is 6.03 Å². The zero-order valence-corrected chi connectivity index (χ0v) is 14.9. The monoisotopic (exact) mass is 336 g/mol. The van der Waals surface area contributed by atoms with Crippen molar-refractivity contribution in [3.8, 4) is 17.2 Å². The van der Waals surface area contributed by atoms with Gasteiger partial charge in [0.1, 0.15) is 5.75 Å². The van der Waals surface area contributed by atoms with Gasteiger partial charge in [-0.1, -0.05) is 12.8 Å². The number of hydrogen-bond donors (Lipinski definition) is 1. The standard InChI is InChI=1S/C18H28N2O4/c1-22-15-13-17(24-3)16(23-2)12-14(15)8-9-19-18(21)20-10-6-4-5-7-11-20/h12-13H,4-11H2,1-3H3,(H,19,21). The number of amides is 2. The first kappa shape index (κ1) is 18.2.